The number of ether oxygens (including phenoxy) is 1. The Morgan fingerprint density at radius 1 is 0.952 bits per heavy atom. The Bertz CT molecular complexity index is 1340. The van der Waals surface area contributed by atoms with E-state index in [1.54, 1.807) is 52.3 Å². The highest BCUT2D eigenvalue weighted by Crippen LogP contribution is 2.35. The van der Waals surface area contributed by atoms with Crippen molar-refractivity contribution in [2.45, 2.75) is 44.2 Å². The van der Waals surface area contributed by atoms with Gasteiger partial charge < -0.3 is 25.2 Å². The van der Waals surface area contributed by atoms with E-state index >= 15 is 0 Å². The van der Waals surface area contributed by atoms with Crippen molar-refractivity contribution in [2.24, 2.45) is 0 Å². The van der Waals surface area contributed by atoms with Crippen molar-refractivity contribution in [3.05, 3.63) is 87.9 Å². The molecule has 7 nitrogen and oxygen atoms in total. The average Bonchev–Trinajstić information content (AvgIpc) is 3.42. The lowest BCUT2D eigenvalue weighted by molar-refractivity contribution is -0.130. The average molecular weight is 632 g/mol. The Hall–Kier alpha value is -2.97. The van der Waals surface area contributed by atoms with Crippen molar-refractivity contribution < 1.29 is 14.3 Å². The topological polar surface area (TPSA) is 73.9 Å². The van der Waals surface area contributed by atoms with Gasteiger partial charge in [0.05, 0.1) is 18.8 Å². The molecule has 0 radical (unpaired) electrons. The number of benzene rings is 3. The van der Waals surface area contributed by atoms with Crippen LogP contribution in [-0.2, 0) is 22.4 Å². The highest BCUT2D eigenvalue weighted by atomic mass is 35.5. The van der Waals surface area contributed by atoms with Gasteiger partial charge in [-0.25, -0.2) is 0 Å². The first-order valence-electron chi connectivity index (χ1n) is 14.2. The van der Waals surface area contributed by atoms with Crippen LogP contribution in [0.3, 0.4) is 0 Å². The summed E-state index contributed by atoms with van der Waals surface area (Å²) >= 11 is 12.5. The van der Waals surface area contributed by atoms with E-state index in [9.17, 15) is 9.59 Å². The summed E-state index contributed by atoms with van der Waals surface area (Å²) in [6.45, 7) is 1.49. The fraction of sp³-hybridized carbons (Fsp3) is 0.375. The molecule has 3 aromatic rings. The molecule has 1 aliphatic heterocycles. The molecule has 0 saturated carbocycles. The van der Waals surface area contributed by atoms with Gasteiger partial charge in [-0.2, -0.15) is 0 Å². The molecule has 0 bridgehead atoms. The lowest BCUT2D eigenvalue weighted by Gasteiger charge is -2.31. The SMILES string of the molecule is CN(C(=O)CN(CC(=O)NCC1CCCCN1)c1cc(Cl)ccc1Oc1ccc(Cl)cc1)C1Cc2ccccc2C1.Cl. The molecule has 1 fully saturated rings. The Balaban J connectivity index is 0.00000405. The number of fused-ring (bicyclic) bond motifs is 1. The fourth-order valence-electron chi connectivity index (χ4n) is 5.53. The molecule has 1 unspecified atom stereocenters. The van der Waals surface area contributed by atoms with E-state index in [0.29, 0.717) is 33.8 Å². The maximum absolute atomic E-state index is 13.7. The van der Waals surface area contributed by atoms with Gasteiger partial charge in [-0.15, -0.1) is 12.4 Å². The van der Waals surface area contributed by atoms with Crippen LogP contribution < -0.4 is 20.3 Å². The maximum atomic E-state index is 13.7. The monoisotopic (exact) mass is 630 g/mol. The molecule has 0 spiro atoms. The van der Waals surface area contributed by atoms with E-state index in [1.165, 1.54) is 11.1 Å². The number of likely N-dealkylation sites (N-methyl/N-ethyl adjacent to an activating group) is 1. The molecular weight excluding hydrogens is 595 g/mol. The van der Waals surface area contributed by atoms with Gasteiger partial charge in [0.15, 0.2) is 5.75 Å². The van der Waals surface area contributed by atoms with Gasteiger partial charge in [0.1, 0.15) is 5.75 Å². The standard InChI is InChI=1S/C32H36Cl2N4O3.ClH/c1-37(27-16-22-6-2-3-7-23(22)17-27)32(40)21-38(20-31(39)36-19-26-8-4-5-15-35-26)29-18-25(34)11-14-30(29)41-28-12-9-24(33)10-13-28;/h2-3,6-7,9-14,18,26-27,35H,4-5,8,15-17,19-21H2,1H3,(H,36,39);1H. The van der Waals surface area contributed by atoms with E-state index in [1.807, 2.05) is 19.2 Å². The summed E-state index contributed by atoms with van der Waals surface area (Å²) in [5, 5.41) is 7.59. The van der Waals surface area contributed by atoms with Crippen LogP contribution in [0.5, 0.6) is 11.5 Å². The third-order valence-electron chi connectivity index (χ3n) is 7.89. The van der Waals surface area contributed by atoms with Crippen LogP contribution >= 0.6 is 35.6 Å². The van der Waals surface area contributed by atoms with Gasteiger partial charge in [-0.05, 0) is 85.8 Å². The van der Waals surface area contributed by atoms with Crippen molar-refractivity contribution >= 4 is 53.1 Å². The number of halogens is 3. The largest absolute Gasteiger partial charge is 0.455 e. The van der Waals surface area contributed by atoms with E-state index < -0.39 is 0 Å². The van der Waals surface area contributed by atoms with Crippen molar-refractivity contribution in [1.82, 2.24) is 15.5 Å². The third kappa shape index (κ3) is 8.32. The van der Waals surface area contributed by atoms with Gasteiger partial charge in [-0.1, -0.05) is 53.9 Å². The van der Waals surface area contributed by atoms with E-state index in [0.717, 1.165) is 38.6 Å². The molecule has 1 heterocycles. The van der Waals surface area contributed by atoms with Crippen LogP contribution in [0.15, 0.2) is 66.7 Å². The molecule has 1 saturated heterocycles. The molecule has 5 rings (SSSR count). The lowest BCUT2D eigenvalue weighted by Crippen LogP contribution is -2.48. The number of hydrogen-bond donors (Lipinski definition) is 2. The predicted octanol–water partition coefficient (Wildman–Crippen LogP) is 5.90. The highest BCUT2D eigenvalue weighted by molar-refractivity contribution is 6.31. The van der Waals surface area contributed by atoms with E-state index in [2.05, 4.69) is 22.8 Å². The summed E-state index contributed by atoms with van der Waals surface area (Å²) < 4.78 is 6.20. The number of amides is 2. The second kappa shape index (κ2) is 15.0. The number of anilines is 1. The zero-order valence-corrected chi connectivity index (χ0v) is 26.0. The third-order valence-corrected chi connectivity index (χ3v) is 8.38. The first-order valence-corrected chi connectivity index (χ1v) is 14.9. The number of carbonyl (C=O) groups excluding carboxylic acids is 2. The van der Waals surface area contributed by atoms with E-state index in [-0.39, 0.29) is 49.4 Å². The molecule has 2 aliphatic rings. The first kappa shape index (κ1) is 32.0. The zero-order valence-electron chi connectivity index (χ0n) is 23.7. The number of hydrogen-bond acceptors (Lipinski definition) is 5. The predicted molar refractivity (Wildman–Crippen MR) is 171 cm³/mol. The van der Waals surface area contributed by atoms with Gasteiger partial charge >= 0.3 is 0 Å². The van der Waals surface area contributed by atoms with Crippen LogP contribution in [0, 0.1) is 0 Å². The van der Waals surface area contributed by atoms with Gasteiger partial charge in [-0.3, -0.25) is 9.59 Å². The molecule has 10 heteroatoms. The summed E-state index contributed by atoms with van der Waals surface area (Å²) in [6.07, 6.45) is 4.97. The van der Waals surface area contributed by atoms with Gasteiger partial charge in [0.2, 0.25) is 11.8 Å². The van der Waals surface area contributed by atoms with Crippen molar-refractivity contribution in [1.29, 1.82) is 0 Å². The second-order valence-electron chi connectivity index (χ2n) is 10.8. The summed E-state index contributed by atoms with van der Waals surface area (Å²) in [4.78, 5) is 30.5. The highest BCUT2D eigenvalue weighted by Gasteiger charge is 2.29. The number of rotatable bonds is 10. The smallest absolute Gasteiger partial charge is 0.242 e. The summed E-state index contributed by atoms with van der Waals surface area (Å²) in [6, 6.07) is 20.9. The van der Waals surface area contributed by atoms with Crippen molar-refractivity contribution in [3.8, 4) is 11.5 Å². The van der Waals surface area contributed by atoms with Gasteiger partial charge in [0, 0.05) is 35.7 Å². The molecule has 1 aliphatic carbocycles. The summed E-state index contributed by atoms with van der Waals surface area (Å²) in [7, 11) is 1.84. The minimum atomic E-state index is -0.168. The Kier molecular flexibility index (Phi) is 11.4. The van der Waals surface area contributed by atoms with Crippen LogP contribution in [-0.4, -0.2) is 62.0 Å². The summed E-state index contributed by atoms with van der Waals surface area (Å²) in [5.74, 6) is 0.820. The van der Waals surface area contributed by atoms with Crippen LogP contribution in [0.4, 0.5) is 5.69 Å². The van der Waals surface area contributed by atoms with Gasteiger partial charge in [0.25, 0.3) is 0 Å². The summed E-state index contributed by atoms with van der Waals surface area (Å²) in [5.41, 5.74) is 3.12. The minimum absolute atomic E-state index is 0. The molecule has 3 aromatic carbocycles. The normalized spacial score (nSPS) is 16.2. The number of piperidine rings is 1. The Morgan fingerprint density at radius 2 is 1.64 bits per heavy atom. The van der Waals surface area contributed by atoms with Crippen LogP contribution in [0.25, 0.3) is 0 Å². The number of nitrogens with zero attached hydrogens (tertiary/aromatic N) is 2. The first-order chi connectivity index (χ1) is 19.9. The Labute approximate surface area is 263 Å². The molecule has 2 N–H and O–H groups in total. The lowest BCUT2D eigenvalue weighted by atomic mass is 10.1. The molecular formula is C32H37Cl3N4O3. The number of carbonyl (C=O) groups is 2. The molecule has 1 atom stereocenters. The quantitative estimate of drug-likeness (QED) is 0.292. The Morgan fingerprint density at radius 3 is 2.31 bits per heavy atom. The van der Waals surface area contributed by atoms with Crippen LogP contribution in [0.2, 0.25) is 10.0 Å². The molecule has 2 amide bonds. The number of nitrogens with one attached hydrogen (secondary N) is 2. The minimum Gasteiger partial charge on any atom is -0.455 e. The van der Waals surface area contributed by atoms with Crippen LogP contribution in [0.1, 0.15) is 30.4 Å². The second-order valence-corrected chi connectivity index (χ2v) is 11.7. The molecule has 0 aromatic heterocycles. The molecule has 42 heavy (non-hydrogen) atoms. The fourth-order valence-corrected chi connectivity index (χ4v) is 5.82. The molecule has 224 valence electrons. The zero-order chi connectivity index (χ0) is 28.8. The van der Waals surface area contributed by atoms with E-state index in [4.69, 9.17) is 27.9 Å². The maximum Gasteiger partial charge on any atom is 0.242 e. The van der Waals surface area contributed by atoms with Crippen molar-refractivity contribution in [2.75, 3.05) is 38.1 Å². The van der Waals surface area contributed by atoms with Crippen molar-refractivity contribution in [3.63, 3.8) is 0 Å².